The lowest BCUT2D eigenvalue weighted by molar-refractivity contribution is -0.124. The van der Waals surface area contributed by atoms with Crippen LogP contribution >= 0.6 is 0 Å². The minimum absolute atomic E-state index is 0.0217. The molecule has 0 saturated carbocycles. The van der Waals surface area contributed by atoms with E-state index in [4.69, 9.17) is 5.11 Å². The Labute approximate surface area is 166 Å². The van der Waals surface area contributed by atoms with Crippen molar-refractivity contribution in [1.29, 1.82) is 0 Å². The van der Waals surface area contributed by atoms with Crippen LogP contribution in [0.25, 0.3) is 0 Å². The van der Waals surface area contributed by atoms with Gasteiger partial charge in [0.25, 0.3) is 0 Å². The van der Waals surface area contributed by atoms with E-state index in [1.165, 1.54) is 88.4 Å². The van der Waals surface area contributed by atoms with Gasteiger partial charge < -0.3 is 15.3 Å². The van der Waals surface area contributed by atoms with Crippen molar-refractivity contribution in [2.45, 2.75) is 103 Å². The van der Waals surface area contributed by atoms with Crippen molar-refractivity contribution >= 4 is 12.0 Å². The van der Waals surface area contributed by atoms with Gasteiger partial charge in [0.1, 0.15) is 0 Å². The van der Waals surface area contributed by atoms with E-state index in [9.17, 15) is 9.59 Å². The van der Waals surface area contributed by atoms with Crippen molar-refractivity contribution in [3.05, 3.63) is 0 Å². The summed E-state index contributed by atoms with van der Waals surface area (Å²) >= 11 is 0. The van der Waals surface area contributed by atoms with Crippen LogP contribution in [0.4, 0.5) is 4.79 Å². The topological polar surface area (TPSA) is 69.6 Å². The Bertz CT molecular complexity index is 401. The van der Waals surface area contributed by atoms with E-state index in [2.05, 4.69) is 12.2 Å². The second-order valence-corrected chi connectivity index (χ2v) is 8.10. The summed E-state index contributed by atoms with van der Waals surface area (Å²) in [7, 11) is 0. The first-order chi connectivity index (χ1) is 13.1. The van der Waals surface area contributed by atoms with Crippen LogP contribution < -0.4 is 5.32 Å². The normalized spacial score (nSPS) is 16.6. The van der Waals surface area contributed by atoms with E-state index in [1.54, 1.807) is 0 Å². The molecule has 1 fully saturated rings. The van der Waals surface area contributed by atoms with Crippen molar-refractivity contribution in [3.8, 4) is 0 Å². The molecule has 0 unspecified atom stereocenters. The second kappa shape index (κ2) is 15.8. The summed E-state index contributed by atoms with van der Waals surface area (Å²) in [6.45, 7) is 3.82. The number of nitrogens with one attached hydrogen (secondary N) is 1. The Morgan fingerprint density at radius 2 is 1.33 bits per heavy atom. The van der Waals surface area contributed by atoms with E-state index in [0.717, 1.165) is 13.0 Å². The van der Waals surface area contributed by atoms with Crippen molar-refractivity contribution in [3.63, 3.8) is 0 Å². The summed E-state index contributed by atoms with van der Waals surface area (Å²) in [5.74, 6) is -0.138. The predicted octanol–water partition coefficient (Wildman–Crippen LogP) is 5.58. The van der Waals surface area contributed by atoms with Gasteiger partial charge in [0, 0.05) is 19.6 Å². The largest absolute Gasteiger partial charge is 0.465 e. The Hall–Kier alpha value is -1.26. The van der Waals surface area contributed by atoms with Gasteiger partial charge in [-0.1, -0.05) is 90.4 Å². The van der Waals surface area contributed by atoms with Crippen LogP contribution in [0.3, 0.4) is 0 Å². The van der Waals surface area contributed by atoms with Crippen LogP contribution in [0.15, 0.2) is 0 Å². The van der Waals surface area contributed by atoms with Gasteiger partial charge in [-0.3, -0.25) is 4.79 Å². The minimum Gasteiger partial charge on any atom is -0.465 e. The quantitative estimate of drug-likeness (QED) is 0.342. The molecule has 5 nitrogen and oxygen atoms in total. The Kier molecular flexibility index (Phi) is 13.9. The van der Waals surface area contributed by atoms with Crippen molar-refractivity contribution < 1.29 is 14.7 Å². The molecule has 5 heteroatoms. The average Bonchev–Trinajstić information content (AvgIpc) is 3.15. The maximum absolute atomic E-state index is 12.0. The zero-order valence-corrected chi connectivity index (χ0v) is 17.5. The molecule has 1 aliphatic rings. The highest BCUT2D eigenvalue weighted by Gasteiger charge is 2.30. The lowest BCUT2D eigenvalue weighted by Gasteiger charge is -2.12. The first-order valence-corrected chi connectivity index (χ1v) is 11.4. The third kappa shape index (κ3) is 11.9. The SMILES string of the molecule is CCCCCCCCCCCCCCCCNC(=O)[C@H]1CCN(C(=O)O)C1. The zero-order chi connectivity index (χ0) is 19.7. The lowest BCUT2D eigenvalue weighted by atomic mass is 10.0. The number of rotatable bonds is 16. The van der Waals surface area contributed by atoms with Crippen molar-refractivity contribution in [1.82, 2.24) is 10.2 Å². The van der Waals surface area contributed by atoms with Gasteiger partial charge >= 0.3 is 6.09 Å². The van der Waals surface area contributed by atoms with E-state index in [0.29, 0.717) is 19.5 Å². The lowest BCUT2D eigenvalue weighted by Crippen LogP contribution is -2.34. The average molecular weight is 383 g/mol. The van der Waals surface area contributed by atoms with E-state index in [-0.39, 0.29) is 11.8 Å². The fraction of sp³-hybridized carbons (Fsp3) is 0.909. The van der Waals surface area contributed by atoms with E-state index >= 15 is 0 Å². The van der Waals surface area contributed by atoms with Crippen LogP contribution in [0, 0.1) is 5.92 Å². The molecule has 1 saturated heterocycles. The van der Waals surface area contributed by atoms with E-state index < -0.39 is 6.09 Å². The first-order valence-electron chi connectivity index (χ1n) is 11.4. The molecule has 1 aliphatic heterocycles. The molecule has 0 aromatic heterocycles. The highest BCUT2D eigenvalue weighted by molar-refractivity contribution is 5.80. The molecule has 27 heavy (non-hydrogen) atoms. The Balaban J connectivity index is 1.80. The number of hydrogen-bond acceptors (Lipinski definition) is 2. The van der Waals surface area contributed by atoms with E-state index in [1.807, 2.05) is 0 Å². The first kappa shape index (κ1) is 23.8. The van der Waals surface area contributed by atoms with Crippen LogP contribution in [-0.4, -0.2) is 41.6 Å². The van der Waals surface area contributed by atoms with Crippen LogP contribution in [0.5, 0.6) is 0 Å². The maximum Gasteiger partial charge on any atom is 0.407 e. The third-order valence-electron chi connectivity index (χ3n) is 5.66. The van der Waals surface area contributed by atoms with Gasteiger partial charge in [-0.2, -0.15) is 0 Å². The van der Waals surface area contributed by atoms with Crippen LogP contribution in [-0.2, 0) is 4.79 Å². The highest BCUT2D eigenvalue weighted by atomic mass is 16.4. The number of likely N-dealkylation sites (tertiary alicyclic amines) is 1. The molecule has 0 spiro atoms. The molecule has 1 atom stereocenters. The summed E-state index contributed by atoms with van der Waals surface area (Å²) in [4.78, 5) is 24.2. The summed E-state index contributed by atoms with van der Waals surface area (Å²) in [5.41, 5.74) is 0. The predicted molar refractivity (Wildman–Crippen MR) is 111 cm³/mol. The molecule has 2 N–H and O–H groups in total. The standard InChI is InChI=1S/C22H42N2O3/c1-2-3-4-5-6-7-8-9-10-11-12-13-14-15-17-23-21(25)20-16-18-24(19-20)22(26)27/h20H,2-19H2,1H3,(H,23,25)(H,26,27)/t20-/m0/s1. The summed E-state index contributed by atoms with van der Waals surface area (Å²) < 4.78 is 0. The molecule has 0 bridgehead atoms. The molecule has 0 radical (unpaired) electrons. The molecule has 2 amide bonds. The fourth-order valence-corrected chi connectivity index (χ4v) is 3.82. The molecular formula is C22H42N2O3. The number of unbranched alkanes of at least 4 members (excludes halogenated alkanes) is 13. The van der Waals surface area contributed by atoms with Gasteiger partial charge in [-0.15, -0.1) is 0 Å². The van der Waals surface area contributed by atoms with Gasteiger partial charge in [-0.05, 0) is 12.8 Å². The monoisotopic (exact) mass is 382 g/mol. The second-order valence-electron chi connectivity index (χ2n) is 8.10. The Morgan fingerprint density at radius 1 is 0.852 bits per heavy atom. The molecular weight excluding hydrogens is 340 g/mol. The fourth-order valence-electron chi connectivity index (χ4n) is 3.82. The number of hydrogen-bond donors (Lipinski definition) is 2. The number of carboxylic acid groups (broad SMARTS) is 1. The number of carbonyl (C=O) groups excluding carboxylic acids is 1. The van der Waals surface area contributed by atoms with Gasteiger partial charge in [0.05, 0.1) is 5.92 Å². The summed E-state index contributed by atoms with van der Waals surface area (Å²) in [5, 5.41) is 11.9. The van der Waals surface area contributed by atoms with Gasteiger partial charge in [0.2, 0.25) is 5.91 Å². The highest BCUT2D eigenvalue weighted by Crippen LogP contribution is 2.16. The smallest absolute Gasteiger partial charge is 0.407 e. The van der Waals surface area contributed by atoms with Crippen LogP contribution in [0.1, 0.15) is 103 Å². The molecule has 1 rings (SSSR count). The van der Waals surface area contributed by atoms with Crippen molar-refractivity contribution in [2.24, 2.45) is 5.92 Å². The molecule has 0 aromatic rings. The van der Waals surface area contributed by atoms with Crippen LogP contribution in [0.2, 0.25) is 0 Å². The zero-order valence-electron chi connectivity index (χ0n) is 17.5. The molecule has 0 aliphatic carbocycles. The molecule has 1 heterocycles. The molecule has 0 aromatic carbocycles. The molecule has 158 valence electrons. The Morgan fingerprint density at radius 3 is 1.78 bits per heavy atom. The number of amides is 2. The number of carbonyl (C=O) groups is 2. The van der Waals surface area contributed by atoms with Gasteiger partial charge in [0.15, 0.2) is 0 Å². The number of nitrogens with zero attached hydrogens (tertiary/aromatic N) is 1. The minimum atomic E-state index is -0.919. The summed E-state index contributed by atoms with van der Waals surface area (Å²) in [6, 6.07) is 0. The third-order valence-corrected chi connectivity index (χ3v) is 5.66. The maximum atomic E-state index is 12.0. The van der Waals surface area contributed by atoms with Crippen molar-refractivity contribution in [2.75, 3.05) is 19.6 Å². The van der Waals surface area contributed by atoms with Gasteiger partial charge in [-0.25, -0.2) is 4.79 Å². The summed E-state index contributed by atoms with van der Waals surface area (Å²) in [6.07, 6.45) is 18.4.